The number of nitrogens with one attached hydrogen (secondary N) is 1. The smallest absolute Gasteiger partial charge is 0.254 e. The van der Waals surface area contributed by atoms with Gasteiger partial charge in [-0.15, -0.1) is 0 Å². The molecule has 1 fully saturated rings. The van der Waals surface area contributed by atoms with Crippen LogP contribution in [-0.4, -0.2) is 48.1 Å². The number of likely N-dealkylation sites (tertiary alicyclic amines) is 1. The zero-order valence-electron chi connectivity index (χ0n) is 18.0. The van der Waals surface area contributed by atoms with E-state index in [2.05, 4.69) is 5.32 Å². The first-order valence-electron chi connectivity index (χ1n) is 11.0. The number of aliphatic hydroxyl groups excluding tert-OH is 1. The zero-order valence-corrected chi connectivity index (χ0v) is 18.0. The van der Waals surface area contributed by atoms with Crippen LogP contribution in [-0.2, 0) is 11.3 Å². The van der Waals surface area contributed by atoms with Crippen molar-refractivity contribution in [2.45, 2.75) is 19.4 Å². The van der Waals surface area contributed by atoms with E-state index in [0.29, 0.717) is 30.9 Å². The van der Waals surface area contributed by atoms with Crippen molar-refractivity contribution < 1.29 is 19.4 Å². The van der Waals surface area contributed by atoms with Gasteiger partial charge in [-0.05, 0) is 47.4 Å². The van der Waals surface area contributed by atoms with Crippen LogP contribution in [0.3, 0.4) is 0 Å². The second-order valence-corrected chi connectivity index (χ2v) is 8.05. The average molecular weight is 433 g/mol. The normalized spacial score (nSPS) is 16.0. The number of aliphatic hydroxyl groups is 1. The van der Waals surface area contributed by atoms with Gasteiger partial charge < -0.3 is 20.1 Å². The molecular formula is C26H28N2O4. The van der Waals surface area contributed by atoms with Crippen LogP contribution >= 0.6 is 0 Å². The summed E-state index contributed by atoms with van der Waals surface area (Å²) in [5.74, 6) is 0.428. The third-order valence-corrected chi connectivity index (χ3v) is 5.85. The molecule has 0 unspecified atom stereocenters. The summed E-state index contributed by atoms with van der Waals surface area (Å²) in [6, 6.07) is 21.1. The number of fused-ring (bicyclic) bond motifs is 1. The summed E-state index contributed by atoms with van der Waals surface area (Å²) in [7, 11) is 0. The topological polar surface area (TPSA) is 78.9 Å². The van der Waals surface area contributed by atoms with E-state index in [1.54, 1.807) is 0 Å². The average Bonchev–Trinajstić information content (AvgIpc) is 2.86. The fourth-order valence-corrected chi connectivity index (χ4v) is 4.16. The quantitative estimate of drug-likeness (QED) is 0.600. The third kappa shape index (κ3) is 5.08. The zero-order chi connectivity index (χ0) is 22.3. The maximum atomic E-state index is 13.2. The van der Waals surface area contributed by atoms with E-state index < -0.39 is 0 Å². The molecule has 0 saturated carbocycles. The van der Waals surface area contributed by atoms with Crippen LogP contribution < -0.4 is 10.1 Å². The molecule has 4 rings (SSSR count). The van der Waals surface area contributed by atoms with E-state index in [-0.39, 0.29) is 30.9 Å². The summed E-state index contributed by atoms with van der Waals surface area (Å²) in [6.07, 6.45) is 1.59. The lowest BCUT2D eigenvalue weighted by Crippen LogP contribution is -2.45. The van der Waals surface area contributed by atoms with Crippen molar-refractivity contribution in [3.05, 3.63) is 77.9 Å². The van der Waals surface area contributed by atoms with E-state index in [1.165, 1.54) is 0 Å². The number of hydrogen-bond acceptors (Lipinski definition) is 4. The Morgan fingerprint density at radius 2 is 1.81 bits per heavy atom. The summed E-state index contributed by atoms with van der Waals surface area (Å²) in [5, 5.41) is 13.8. The van der Waals surface area contributed by atoms with Crippen molar-refractivity contribution in [3.8, 4) is 5.75 Å². The Morgan fingerprint density at radius 1 is 1.03 bits per heavy atom. The predicted octanol–water partition coefficient (Wildman–Crippen LogP) is 3.38. The van der Waals surface area contributed by atoms with Gasteiger partial charge in [0.05, 0.1) is 12.5 Å². The molecule has 0 radical (unpaired) electrons. The van der Waals surface area contributed by atoms with Crippen LogP contribution in [0.4, 0.5) is 0 Å². The number of benzene rings is 3. The van der Waals surface area contributed by atoms with Crippen molar-refractivity contribution in [1.29, 1.82) is 0 Å². The molecule has 1 atom stereocenters. The maximum Gasteiger partial charge on any atom is 0.254 e. The summed E-state index contributed by atoms with van der Waals surface area (Å²) in [6.45, 7) is 1.75. The third-order valence-electron chi connectivity index (χ3n) is 5.85. The Bertz CT molecular complexity index is 1080. The molecule has 6 nitrogen and oxygen atoms in total. The van der Waals surface area contributed by atoms with Crippen LogP contribution in [0.2, 0.25) is 0 Å². The fraction of sp³-hybridized carbons (Fsp3) is 0.308. The molecule has 32 heavy (non-hydrogen) atoms. The van der Waals surface area contributed by atoms with E-state index in [4.69, 9.17) is 9.84 Å². The van der Waals surface area contributed by atoms with E-state index >= 15 is 0 Å². The first-order chi connectivity index (χ1) is 15.7. The minimum absolute atomic E-state index is 0.0160. The number of hydrogen-bond donors (Lipinski definition) is 2. The molecule has 1 aliphatic rings. The minimum Gasteiger partial charge on any atom is -0.491 e. The monoisotopic (exact) mass is 432 g/mol. The Kier molecular flexibility index (Phi) is 7.02. The molecule has 2 N–H and O–H groups in total. The van der Waals surface area contributed by atoms with Crippen molar-refractivity contribution in [2.75, 3.05) is 26.3 Å². The largest absolute Gasteiger partial charge is 0.491 e. The number of amides is 2. The molecule has 3 aromatic carbocycles. The molecule has 0 bridgehead atoms. The molecular weight excluding hydrogens is 404 g/mol. The van der Waals surface area contributed by atoms with Gasteiger partial charge in [-0.3, -0.25) is 9.59 Å². The molecule has 1 heterocycles. The molecule has 1 aliphatic heterocycles. The maximum absolute atomic E-state index is 13.2. The second kappa shape index (κ2) is 10.3. The highest BCUT2D eigenvalue weighted by atomic mass is 16.5. The van der Waals surface area contributed by atoms with Gasteiger partial charge in [0.15, 0.2) is 0 Å². The first-order valence-corrected chi connectivity index (χ1v) is 11.0. The van der Waals surface area contributed by atoms with E-state index in [0.717, 1.165) is 29.2 Å². The molecule has 6 heteroatoms. The Hall–Kier alpha value is -3.38. The van der Waals surface area contributed by atoms with Gasteiger partial charge in [-0.25, -0.2) is 0 Å². The van der Waals surface area contributed by atoms with E-state index in [9.17, 15) is 9.59 Å². The molecule has 3 aromatic rings. The molecule has 0 spiro atoms. The van der Waals surface area contributed by atoms with Crippen molar-refractivity contribution >= 4 is 22.6 Å². The SMILES string of the molecule is O=C(NCc1ccc(OCCO)cc1)[C@H]1CCCN(C(=O)c2cccc3ccccc23)C1. The second-order valence-electron chi connectivity index (χ2n) is 8.05. The highest BCUT2D eigenvalue weighted by molar-refractivity contribution is 6.07. The minimum atomic E-state index is -0.213. The number of nitrogens with zero attached hydrogens (tertiary/aromatic N) is 1. The van der Waals surface area contributed by atoms with Gasteiger partial charge in [0.1, 0.15) is 12.4 Å². The molecule has 0 aliphatic carbocycles. The lowest BCUT2D eigenvalue weighted by molar-refractivity contribution is -0.126. The highest BCUT2D eigenvalue weighted by Crippen LogP contribution is 2.24. The van der Waals surface area contributed by atoms with Gasteiger partial charge in [-0.2, -0.15) is 0 Å². The number of piperidine rings is 1. The lowest BCUT2D eigenvalue weighted by atomic mass is 9.95. The molecule has 1 saturated heterocycles. The first kappa shape index (κ1) is 21.8. The van der Waals surface area contributed by atoms with Gasteiger partial charge >= 0.3 is 0 Å². The number of carbonyl (C=O) groups excluding carboxylic acids is 2. The Balaban J connectivity index is 1.36. The standard InChI is InChI=1S/C26H28N2O4/c29-15-16-32-22-12-10-19(11-13-22)17-27-25(30)21-7-4-14-28(18-21)26(31)24-9-3-6-20-5-1-2-8-23(20)24/h1-3,5-6,8-13,21,29H,4,7,14-18H2,(H,27,30)/t21-/m0/s1. The number of carbonyl (C=O) groups is 2. The van der Waals surface area contributed by atoms with Crippen LogP contribution in [0.25, 0.3) is 10.8 Å². The Morgan fingerprint density at radius 3 is 2.62 bits per heavy atom. The van der Waals surface area contributed by atoms with Crippen LogP contribution in [0.5, 0.6) is 5.75 Å². The fourth-order valence-electron chi connectivity index (χ4n) is 4.16. The van der Waals surface area contributed by atoms with E-state index in [1.807, 2.05) is 71.6 Å². The van der Waals surface area contributed by atoms with Crippen LogP contribution in [0.15, 0.2) is 66.7 Å². The highest BCUT2D eigenvalue weighted by Gasteiger charge is 2.29. The van der Waals surface area contributed by atoms with Gasteiger partial charge in [0, 0.05) is 25.2 Å². The van der Waals surface area contributed by atoms with Gasteiger partial charge in [0.25, 0.3) is 5.91 Å². The molecule has 0 aromatic heterocycles. The molecule has 166 valence electrons. The number of ether oxygens (including phenoxy) is 1. The van der Waals surface area contributed by atoms with Gasteiger partial charge in [0.2, 0.25) is 5.91 Å². The van der Waals surface area contributed by atoms with Crippen LogP contribution in [0.1, 0.15) is 28.8 Å². The lowest BCUT2D eigenvalue weighted by Gasteiger charge is -2.32. The van der Waals surface area contributed by atoms with Crippen LogP contribution in [0, 0.1) is 5.92 Å². The molecule has 2 amide bonds. The number of rotatable bonds is 7. The van der Waals surface area contributed by atoms with Gasteiger partial charge in [-0.1, -0.05) is 48.5 Å². The van der Waals surface area contributed by atoms with Crippen molar-refractivity contribution in [1.82, 2.24) is 10.2 Å². The summed E-state index contributed by atoms with van der Waals surface area (Å²) in [5.41, 5.74) is 1.65. The summed E-state index contributed by atoms with van der Waals surface area (Å²) >= 11 is 0. The summed E-state index contributed by atoms with van der Waals surface area (Å²) in [4.78, 5) is 27.8. The Labute approximate surface area is 187 Å². The van der Waals surface area contributed by atoms with Crippen molar-refractivity contribution in [3.63, 3.8) is 0 Å². The predicted molar refractivity (Wildman–Crippen MR) is 123 cm³/mol. The van der Waals surface area contributed by atoms with Crippen molar-refractivity contribution in [2.24, 2.45) is 5.92 Å². The summed E-state index contributed by atoms with van der Waals surface area (Å²) < 4.78 is 5.35.